The van der Waals surface area contributed by atoms with Crippen LogP contribution < -0.4 is 5.73 Å². The smallest absolute Gasteiger partial charge is 0.0159 e. The second-order valence-electron chi connectivity index (χ2n) is 3.38. The van der Waals surface area contributed by atoms with Crippen LogP contribution in [0.4, 0.5) is 0 Å². The molecule has 2 N–H and O–H groups in total. The Morgan fingerprint density at radius 2 is 2.10 bits per heavy atom. The molecule has 0 heterocycles. The van der Waals surface area contributed by atoms with Crippen molar-refractivity contribution < 1.29 is 0 Å². The van der Waals surface area contributed by atoms with E-state index in [0.717, 1.165) is 16.9 Å². The van der Waals surface area contributed by atoms with E-state index < -0.39 is 0 Å². The molecule has 1 fully saturated rings. The van der Waals surface area contributed by atoms with E-state index in [4.69, 9.17) is 5.73 Å². The molecule has 1 rings (SSSR count). The standard InChI is InChI=1S/C8H17NS/c1-6(2)10-5-8(9)7-3-4-7/h6-8H,3-5,9H2,1-2H3. The Hall–Kier alpha value is 0.310. The van der Waals surface area contributed by atoms with E-state index in [1.165, 1.54) is 12.8 Å². The molecule has 1 unspecified atom stereocenters. The van der Waals surface area contributed by atoms with Gasteiger partial charge in [0.15, 0.2) is 0 Å². The molecule has 60 valence electrons. The summed E-state index contributed by atoms with van der Waals surface area (Å²) in [6, 6.07) is 0.479. The van der Waals surface area contributed by atoms with Crippen LogP contribution in [0, 0.1) is 5.92 Å². The molecule has 0 amide bonds. The molecular formula is C8H17NS. The van der Waals surface area contributed by atoms with Crippen molar-refractivity contribution in [3.8, 4) is 0 Å². The summed E-state index contributed by atoms with van der Waals surface area (Å²) in [7, 11) is 0. The normalized spacial score (nSPS) is 21.6. The first-order chi connectivity index (χ1) is 4.70. The summed E-state index contributed by atoms with van der Waals surface area (Å²) in [4.78, 5) is 0. The van der Waals surface area contributed by atoms with Gasteiger partial charge in [-0.3, -0.25) is 0 Å². The van der Waals surface area contributed by atoms with Crippen molar-refractivity contribution in [2.75, 3.05) is 5.75 Å². The zero-order valence-electron chi connectivity index (χ0n) is 6.84. The first kappa shape index (κ1) is 8.41. The first-order valence-electron chi connectivity index (χ1n) is 4.07. The number of thioether (sulfide) groups is 1. The number of hydrogen-bond donors (Lipinski definition) is 1. The number of nitrogens with two attached hydrogens (primary N) is 1. The highest BCUT2D eigenvalue weighted by Crippen LogP contribution is 2.33. The molecule has 1 aliphatic carbocycles. The van der Waals surface area contributed by atoms with Crippen molar-refractivity contribution in [3.05, 3.63) is 0 Å². The molecule has 0 radical (unpaired) electrons. The minimum absolute atomic E-state index is 0.479. The van der Waals surface area contributed by atoms with Gasteiger partial charge >= 0.3 is 0 Å². The number of hydrogen-bond acceptors (Lipinski definition) is 2. The maximum Gasteiger partial charge on any atom is 0.0159 e. The molecule has 1 saturated carbocycles. The lowest BCUT2D eigenvalue weighted by Gasteiger charge is -2.10. The highest BCUT2D eigenvalue weighted by Gasteiger charge is 2.28. The van der Waals surface area contributed by atoms with Crippen molar-refractivity contribution in [2.45, 2.75) is 38.0 Å². The van der Waals surface area contributed by atoms with Gasteiger partial charge in [0.05, 0.1) is 0 Å². The lowest BCUT2D eigenvalue weighted by Crippen LogP contribution is -2.25. The maximum absolute atomic E-state index is 5.91. The average molecular weight is 159 g/mol. The summed E-state index contributed by atoms with van der Waals surface area (Å²) in [6.07, 6.45) is 2.75. The van der Waals surface area contributed by atoms with E-state index in [-0.39, 0.29) is 0 Å². The Balaban J connectivity index is 2.00. The topological polar surface area (TPSA) is 26.0 Å². The molecule has 10 heavy (non-hydrogen) atoms. The van der Waals surface area contributed by atoms with Gasteiger partial charge in [-0.25, -0.2) is 0 Å². The first-order valence-corrected chi connectivity index (χ1v) is 5.12. The Labute approximate surface area is 67.8 Å². The summed E-state index contributed by atoms with van der Waals surface area (Å²) in [6.45, 7) is 4.45. The van der Waals surface area contributed by atoms with Gasteiger partial charge in [0.1, 0.15) is 0 Å². The van der Waals surface area contributed by atoms with E-state index in [9.17, 15) is 0 Å². The Morgan fingerprint density at radius 1 is 1.50 bits per heavy atom. The van der Waals surface area contributed by atoms with Gasteiger partial charge < -0.3 is 5.73 Å². The fraction of sp³-hybridized carbons (Fsp3) is 1.00. The molecule has 1 atom stereocenters. The predicted molar refractivity (Wildman–Crippen MR) is 48.3 cm³/mol. The molecule has 0 bridgehead atoms. The Kier molecular flexibility index (Phi) is 3.05. The molecule has 0 aliphatic heterocycles. The summed E-state index contributed by atoms with van der Waals surface area (Å²) in [5.41, 5.74) is 5.91. The average Bonchev–Trinajstić information content (AvgIpc) is 2.63. The van der Waals surface area contributed by atoms with Crippen molar-refractivity contribution >= 4 is 11.8 Å². The third kappa shape index (κ3) is 2.93. The molecule has 2 heteroatoms. The van der Waals surface area contributed by atoms with Crippen molar-refractivity contribution in [1.82, 2.24) is 0 Å². The predicted octanol–water partition coefficient (Wildman–Crippen LogP) is 1.87. The van der Waals surface area contributed by atoms with Gasteiger partial charge in [0, 0.05) is 11.8 Å². The molecule has 0 aromatic heterocycles. The second kappa shape index (κ2) is 3.63. The molecule has 0 saturated heterocycles. The molecular weight excluding hydrogens is 142 g/mol. The highest BCUT2D eigenvalue weighted by atomic mass is 32.2. The van der Waals surface area contributed by atoms with E-state index in [1.54, 1.807) is 0 Å². The molecule has 0 spiro atoms. The zero-order valence-corrected chi connectivity index (χ0v) is 7.66. The minimum atomic E-state index is 0.479. The largest absolute Gasteiger partial charge is 0.327 e. The van der Waals surface area contributed by atoms with Gasteiger partial charge in [-0.2, -0.15) is 11.8 Å². The van der Waals surface area contributed by atoms with Crippen LogP contribution in [0.2, 0.25) is 0 Å². The number of rotatable bonds is 4. The quantitative estimate of drug-likeness (QED) is 0.677. The van der Waals surface area contributed by atoms with E-state index in [0.29, 0.717) is 6.04 Å². The zero-order chi connectivity index (χ0) is 7.56. The molecule has 1 aliphatic rings. The fourth-order valence-electron chi connectivity index (χ4n) is 0.964. The van der Waals surface area contributed by atoms with Gasteiger partial charge in [0.2, 0.25) is 0 Å². The highest BCUT2D eigenvalue weighted by molar-refractivity contribution is 7.99. The minimum Gasteiger partial charge on any atom is -0.327 e. The summed E-state index contributed by atoms with van der Waals surface area (Å²) < 4.78 is 0. The van der Waals surface area contributed by atoms with E-state index in [1.807, 2.05) is 11.8 Å². The second-order valence-corrected chi connectivity index (χ2v) is 4.99. The SMILES string of the molecule is CC(C)SCC(N)C1CC1. The summed E-state index contributed by atoms with van der Waals surface area (Å²) in [5.74, 6) is 2.02. The molecule has 0 aromatic carbocycles. The Bertz CT molecular complexity index is 99.4. The van der Waals surface area contributed by atoms with Crippen LogP contribution in [-0.4, -0.2) is 17.0 Å². The van der Waals surface area contributed by atoms with Crippen molar-refractivity contribution in [2.24, 2.45) is 11.7 Å². The van der Waals surface area contributed by atoms with E-state index in [2.05, 4.69) is 13.8 Å². The lowest BCUT2D eigenvalue weighted by molar-refractivity contribution is 0.658. The maximum atomic E-state index is 5.91. The van der Waals surface area contributed by atoms with Crippen LogP contribution in [0.5, 0.6) is 0 Å². The van der Waals surface area contributed by atoms with Gasteiger partial charge in [-0.05, 0) is 24.0 Å². The van der Waals surface area contributed by atoms with E-state index >= 15 is 0 Å². The van der Waals surface area contributed by atoms with Crippen LogP contribution in [0.15, 0.2) is 0 Å². The summed E-state index contributed by atoms with van der Waals surface area (Å²) >= 11 is 1.98. The van der Waals surface area contributed by atoms with Crippen molar-refractivity contribution in [1.29, 1.82) is 0 Å². The van der Waals surface area contributed by atoms with Crippen LogP contribution in [0.3, 0.4) is 0 Å². The third-order valence-corrected chi connectivity index (χ3v) is 3.09. The van der Waals surface area contributed by atoms with Crippen LogP contribution in [0.25, 0.3) is 0 Å². The Morgan fingerprint density at radius 3 is 2.50 bits per heavy atom. The molecule has 0 aromatic rings. The monoisotopic (exact) mass is 159 g/mol. The fourth-order valence-corrected chi connectivity index (χ4v) is 1.84. The molecule has 1 nitrogen and oxygen atoms in total. The van der Waals surface area contributed by atoms with Crippen LogP contribution in [0.1, 0.15) is 26.7 Å². The summed E-state index contributed by atoms with van der Waals surface area (Å²) in [5, 5.41) is 0.741. The lowest BCUT2D eigenvalue weighted by atomic mass is 10.2. The van der Waals surface area contributed by atoms with Crippen LogP contribution in [-0.2, 0) is 0 Å². The third-order valence-electron chi connectivity index (χ3n) is 1.85. The van der Waals surface area contributed by atoms with Crippen LogP contribution >= 0.6 is 11.8 Å². The van der Waals surface area contributed by atoms with Gasteiger partial charge in [-0.15, -0.1) is 0 Å². The van der Waals surface area contributed by atoms with Crippen molar-refractivity contribution in [3.63, 3.8) is 0 Å². The van der Waals surface area contributed by atoms with Gasteiger partial charge in [-0.1, -0.05) is 13.8 Å². The van der Waals surface area contributed by atoms with Gasteiger partial charge in [0.25, 0.3) is 0 Å².